The minimum Gasteiger partial charge on any atom is -0.311 e. The number of fused-ring (bicyclic) bond motifs is 1. The topological polar surface area (TPSA) is 33.2 Å². The molecule has 4 heteroatoms. The van der Waals surface area contributed by atoms with Gasteiger partial charge in [0.25, 0.3) is 0 Å². The fraction of sp³-hybridized carbons (Fsp3) is 0. The van der Waals surface area contributed by atoms with Crippen LogP contribution in [-0.2, 0) is 0 Å². The first-order valence-electron chi connectivity index (χ1n) is 9.68. The van der Waals surface area contributed by atoms with Gasteiger partial charge in [-0.05, 0) is 72.8 Å². The van der Waals surface area contributed by atoms with Crippen LogP contribution >= 0.6 is 11.3 Å². The average molecular weight is 407 g/mol. The minimum absolute atomic E-state index is 0.665. The predicted molar refractivity (Wildman–Crippen MR) is 125 cm³/mol. The first-order valence-corrected chi connectivity index (χ1v) is 10.5. The lowest BCUT2D eigenvalue weighted by Crippen LogP contribution is -2.09. The molecule has 0 fully saturated rings. The summed E-state index contributed by atoms with van der Waals surface area (Å²) in [6.45, 7) is 0. The van der Waals surface area contributed by atoms with E-state index in [9.17, 15) is 4.79 Å². The van der Waals surface area contributed by atoms with Gasteiger partial charge >= 0.3 is 0 Å². The number of anilines is 3. The van der Waals surface area contributed by atoms with Crippen molar-refractivity contribution in [3.63, 3.8) is 0 Å². The highest BCUT2D eigenvalue weighted by atomic mass is 32.1. The number of carbonyl (C=O) groups is 1. The summed E-state index contributed by atoms with van der Waals surface area (Å²) in [5.74, 6) is 0. The standard InChI is InChI=1S/C26H18N2OS/c29-18-19-10-14-22(15-11-19)28(21-6-2-1-3-7-21)23-16-12-20(13-17-23)26-27-24-8-4-5-9-25(24)30-26/h1-18H. The third-order valence-electron chi connectivity index (χ3n) is 4.97. The van der Waals surface area contributed by atoms with Crippen LogP contribution in [0, 0.1) is 0 Å². The van der Waals surface area contributed by atoms with Crippen LogP contribution < -0.4 is 4.90 Å². The number of benzene rings is 4. The fourth-order valence-electron chi connectivity index (χ4n) is 3.48. The van der Waals surface area contributed by atoms with E-state index in [1.807, 2.05) is 60.7 Å². The Kier molecular flexibility index (Phi) is 4.83. The molecule has 0 saturated carbocycles. The molecule has 144 valence electrons. The SMILES string of the molecule is O=Cc1ccc(N(c2ccccc2)c2ccc(-c3nc4ccccc4s3)cc2)cc1. The van der Waals surface area contributed by atoms with Crippen LogP contribution in [0.5, 0.6) is 0 Å². The van der Waals surface area contributed by atoms with Gasteiger partial charge in [0, 0.05) is 28.2 Å². The van der Waals surface area contributed by atoms with Crippen LogP contribution in [0.2, 0.25) is 0 Å². The third kappa shape index (κ3) is 3.49. The Bertz CT molecular complexity index is 1260. The van der Waals surface area contributed by atoms with Crippen molar-refractivity contribution in [2.45, 2.75) is 0 Å². The molecule has 0 aliphatic heterocycles. The fourth-order valence-corrected chi connectivity index (χ4v) is 4.45. The summed E-state index contributed by atoms with van der Waals surface area (Å²) in [6.07, 6.45) is 0.865. The van der Waals surface area contributed by atoms with Crippen molar-refractivity contribution in [3.8, 4) is 10.6 Å². The average Bonchev–Trinajstić information content (AvgIpc) is 3.25. The molecule has 30 heavy (non-hydrogen) atoms. The Morgan fingerprint density at radius 2 is 1.27 bits per heavy atom. The van der Waals surface area contributed by atoms with Crippen molar-refractivity contribution < 1.29 is 4.79 Å². The highest BCUT2D eigenvalue weighted by Crippen LogP contribution is 2.36. The molecular formula is C26H18N2OS. The summed E-state index contributed by atoms with van der Waals surface area (Å²) >= 11 is 1.70. The number of hydrogen-bond acceptors (Lipinski definition) is 4. The number of para-hydroxylation sites is 2. The molecule has 1 aromatic heterocycles. The predicted octanol–water partition coefficient (Wildman–Crippen LogP) is 7.25. The second-order valence-electron chi connectivity index (χ2n) is 6.91. The van der Waals surface area contributed by atoms with Crippen molar-refractivity contribution in [1.29, 1.82) is 0 Å². The van der Waals surface area contributed by atoms with Crippen LogP contribution in [0.4, 0.5) is 17.1 Å². The number of aromatic nitrogens is 1. The molecule has 0 aliphatic carbocycles. The zero-order chi connectivity index (χ0) is 20.3. The number of nitrogens with zero attached hydrogens (tertiary/aromatic N) is 2. The van der Waals surface area contributed by atoms with Crippen molar-refractivity contribution in [2.24, 2.45) is 0 Å². The summed E-state index contributed by atoms with van der Waals surface area (Å²) in [5, 5.41) is 1.02. The van der Waals surface area contributed by atoms with E-state index in [-0.39, 0.29) is 0 Å². The second kappa shape index (κ2) is 7.93. The monoisotopic (exact) mass is 406 g/mol. The van der Waals surface area contributed by atoms with Crippen molar-refractivity contribution in [1.82, 2.24) is 4.98 Å². The molecule has 0 radical (unpaired) electrons. The highest BCUT2D eigenvalue weighted by molar-refractivity contribution is 7.21. The van der Waals surface area contributed by atoms with Gasteiger partial charge in [-0.1, -0.05) is 30.3 Å². The van der Waals surface area contributed by atoms with E-state index >= 15 is 0 Å². The van der Waals surface area contributed by atoms with Gasteiger partial charge in [0.15, 0.2) is 0 Å². The molecule has 4 aromatic carbocycles. The molecule has 0 aliphatic rings. The normalized spacial score (nSPS) is 10.8. The summed E-state index contributed by atoms with van der Waals surface area (Å²) in [4.78, 5) is 18.0. The molecule has 0 N–H and O–H groups in total. The van der Waals surface area contributed by atoms with Gasteiger partial charge in [0.05, 0.1) is 10.2 Å². The molecule has 1 heterocycles. The molecule has 0 spiro atoms. The maximum absolute atomic E-state index is 11.0. The van der Waals surface area contributed by atoms with Crippen molar-refractivity contribution in [3.05, 3.63) is 109 Å². The van der Waals surface area contributed by atoms with E-state index in [0.717, 1.165) is 39.4 Å². The van der Waals surface area contributed by atoms with Gasteiger partial charge in [0.2, 0.25) is 0 Å². The number of hydrogen-bond donors (Lipinski definition) is 0. The summed E-state index contributed by atoms with van der Waals surface area (Å²) in [5.41, 5.74) is 5.90. The highest BCUT2D eigenvalue weighted by Gasteiger charge is 2.13. The van der Waals surface area contributed by atoms with Gasteiger partial charge < -0.3 is 4.90 Å². The molecule has 0 bridgehead atoms. The van der Waals surface area contributed by atoms with Crippen molar-refractivity contribution in [2.75, 3.05) is 4.90 Å². The number of carbonyl (C=O) groups excluding carboxylic acids is 1. The first kappa shape index (κ1) is 18.3. The lowest BCUT2D eigenvalue weighted by Gasteiger charge is -2.25. The maximum Gasteiger partial charge on any atom is 0.150 e. The van der Waals surface area contributed by atoms with E-state index in [1.54, 1.807) is 11.3 Å². The Morgan fingerprint density at radius 3 is 1.93 bits per heavy atom. The Morgan fingerprint density at radius 1 is 0.667 bits per heavy atom. The minimum atomic E-state index is 0.665. The maximum atomic E-state index is 11.0. The summed E-state index contributed by atoms with van der Waals surface area (Å²) in [7, 11) is 0. The van der Waals surface area contributed by atoms with Crippen LogP contribution in [0.25, 0.3) is 20.8 Å². The molecular weight excluding hydrogens is 388 g/mol. The van der Waals surface area contributed by atoms with Crippen LogP contribution in [0.3, 0.4) is 0 Å². The van der Waals surface area contributed by atoms with Gasteiger partial charge in [-0.3, -0.25) is 4.79 Å². The molecule has 5 rings (SSSR count). The van der Waals surface area contributed by atoms with Crippen molar-refractivity contribution >= 4 is 44.9 Å². The molecule has 0 amide bonds. The van der Waals surface area contributed by atoms with Gasteiger partial charge in [-0.25, -0.2) is 4.98 Å². The number of thiazole rings is 1. The van der Waals surface area contributed by atoms with Crippen LogP contribution in [0.15, 0.2) is 103 Å². The zero-order valence-corrected chi connectivity index (χ0v) is 16.9. The van der Waals surface area contributed by atoms with E-state index < -0.39 is 0 Å². The lowest BCUT2D eigenvalue weighted by atomic mass is 10.1. The number of aldehydes is 1. The summed E-state index contributed by atoms with van der Waals surface area (Å²) < 4.78 is 1.19. The smallest absolute Gasteiger partial charge is 0.150 e. The van der Waals surface area contributed by atoms with E-state index in [1.165, 1.54) is 4.70 Å². The molecule has 0 atom stereocenters. The largest absolute Gasteiger partial charge is 0.311 e. The Labute approximate surface area is 178 Å². The van der Waals surface area contributed by atoms with E-state index in [4.69, 9.17) is 4.98 Å². The molecule has 0 unspecified atom stereocenters. The zero-order valence-electron chi connectivity index (χ0n) is 16.1. The second-order valence-corrected chi connectivity index (χ2v) is 7.94. The van der Waals surface area contributed by atoms with Gasteiger partial charge in [0.1, 0.15) is 11.3 Å². The quantitative estimate of drug-likeness (QED) is 0.288. The molecule has 3 nitrogen and oxygen atoms in total. The lowest BCUT2D eigenvalue weighted by molar-refractivity contribution is 0.112. The number of rotatable bonds is 5. The molecule has 0 saturated heterocycles. The van der Waals surface area contributed by atoms with Crippen LogP contribution in [0.1, 0.15) is 10.4 Å². The van der Waals surface area contributed by atoms with E-state index in [2.05, 4.69) is 47.4 Å². The summed E-state index contributed by atoms with van der Waals surface area (Å²) in [6, 6.07) is 34.5. The Balaban J connectivity index is 1.54. The van der Waals surface area contributed by atoms with E-state index in [0.29, 0.717) is 5.56 Å². The van der Waals surface area contributed by atoms with Gasteiger partial charge in [-0.2, -0.15) is 0 Å². The Hall–Kier alpha value is -3.76. The third-order valence-corrected chi connectivity index (χ3v) is 6.05. The van der Waals surface area contributed by atoms with Crippen LogP contribution in [-0.4, -0.2) is 11.3 Å². The van der Waals surface area contributed by atoms with Gasteiger partial charge in [-0.15, -0.1) is 11.3 Å². The first-order chi connectivity index (χ1) is 14.8. The molecule has 5 aromatic rings.